The van der Waals surface area contributed by atoms with Crippen LogP contribution in [-0.2, 0) is 0 Å². The van der Waals surface area contributed by atoms with Crippen molar-refractivity contribution < 1.29 is 9.32 Å². The maximum Gasteiger partial charge on any atom is 0.439 e. The maximum atomic E-state index is 11.5. The highest BCUT2D eigenvalue weighted by atomic mass is 16.5. The van der Waals surface area contributed by atoms with E-state index in [0.29, 0.717) is 6.04 Å². The molecule has 0 bridgehead atoms. The van der Waals surface area contributed by atoms with Crippen molar-refractivity contribution in [2.24, 2.45) is 0 Å². The van der Waals surface area contributed by atoms with E-state index in [4.69, 9.17) is 0 Å². The van der Waals surface area contributed by atoms with Gasteiger partial charge in [0.2, 0.25) is 5.82 Å². The Hall–Kier alpha value is -1.59. The van der Waals surface area contributed by atoms with E-state index in [-0.39, 0.29) is 11.7 Å². The predicted molar refractivity (Wildman–Crippen MR) is 42.2 cm³/mol. The van der Waals surface area contributed by atoms with Gasteiger partial charge in [0.15, 0.2) is 0 Å². The first-order valence-corrected chi connectivity index (χ1v) is 4.01. The van der Waals surface area contributed by atoms with Gasteiger partial charge in [-0.25, -0.2) is 4.79 Å². The Morgan fingerprint density at radius 3 is 2.85 bits per heavy atom. The molecule has 13 heavy (non-hydrogen) atoms. The summed E-state index contributed by atoms with van der Waals surface area (Å²) in [5, 5.41) is 3.31. The third-order valence-electron chi connectivity index (χ3n) is 2.06. The molecule has 0 radical (unpaired) electrons. The Kier molecular flexibility index (Phi) is 1.68. The number of nitrogens with one attached hydrogen (secondary N) is 1. The predicted octanol–water partition coefficient (Wildman–Crippen LogP) is -0.403. The van der Waals surface area contributed by atoms with Gasteiger partial charge in [0.25, 0.3) is 5.91 Å². The number of carbonyl (C=O) groups is 1. The first-order chi connectivity index (χ1) is 6.18. The average molecular weight is 183 g/mol. The molecule has 0 atom stereocenters. The number of amides is 1. The molecule has 1 amide bonds. The summed E-state index contributed by atoms with van der Waals surface area (Å²) in [6.07, 6.45) is 2.04. The van der Waals surface area contributed by atoms with Crippen molar-refractivity contribution in [1.82, 2.24) is 15.0 Å². The van der Waals surface area contributed by atoms with Crippen LogP contribution < -0.4 is 5.76 Å². The normalized spacial score (nSPS) is 15.8. The Morgan fingerprint density at radius 2 is 2.38 bits per heavy atom. The molecule has 1 fully saturated rings. The van der Waals surface area contributed by atoms with E-state index in [1.165, 1.54) is 0 Å². The number of nitrogens with zero attached hydrogens (tertiary/aromatic N) is 2. The molecule has 1 aliphatic carbocycles. The van der Waals surface area contributed by atoms with Crippen LogP contribution in [0, 0.1) is 0 Å². The summed E-state index contributed by atoms with van der Waals surface area (Å²) in [7, 11) is 1.69. The van der Waals surface area contributed by atoms with Gasteiger partial charge in [0.1, 0.15) is 0 Å². The molecule has 0 spiro atoms. The molecule has 6 nitrogen and oxygen atoms in total. The smallest absolute Gasteiger partial charge is 0.336 e. The van der Waals surface area contributed by atoms with E-state index in [0.717, 1.165) is 12.8 Å². The van der Waals surface area contributed by atoms with Gasteiger partial charge < -0.3 is 4.90 Å². The largest absolute Gasteiger partial charge is 0.439 e. The fraction of sp³-hybridized carbons (Fsp3) is 0.571. The van der Waals surface area contributed by atoms with Crippen molar-refractivity contribution in [3.05, 3.63) is 16.4 Å². The molecule has 6 heteroatoms. The Morgan fingerprint density at radius 1 is 1.69 bits per heavy atom. The fourth-order valence-electron chi connectivity index (χ4n) is 1.12. The number of aromatic nitrogens is 2. The highest BCUT2D eigenvalue weighted by Crippen LogP contribution is 2.25. The number of rotatable bonds is 2. The molecule has 0 unspecified atom stereocenters. The molecule has 70 valence electrons. The molecule has 0 saturated heterocycles. The number of hydrogen-bond acceptors (Lipinski definition) is 4. The second-order valence-corrected chi connectivity index (χ2v) is 3.09. The van der Waals surface area contributed by atoms with E-state index in [2.05, 4.69) is 14.7 Å². The van der Waals surface area contributed by atoms with Crippen LogP contribution in [0.4, 0.5) is 0 Å². The zero-order valence-electron chi connectivity index (χ0n) is 7.11. The third kappa shape index (κ3) is 1.47. The Balaban J connectivity index is 2.16. The lowest BCUT2D eigenvalue weighted by molar-refractivity contribution is 0.0769. The highest BCUT2D eigenvalue weighted by Gasteiger charge is 2.31. The van der Waals surface area contributed by atoms with E-state index in [9.17, 15) is 9.59 Å². The number of carbonyl (C=O) groups excluding carboxylic acids is 1. The first-order valence-electron chi connectivity index (χ1n) is 4.01. The minimum atomic E-state index is -0.701. The zero-order chi connectivity index (χ0) is 9.42. The highest BCUT2D eigenvalue weighted by molar-refractivity contribution is 5.90. The summed E-state index contributed by atoms with van der Waals surface area (Å²) < 4.78 is 4.23. The lowest BCUT2D eigenvalue weighted by atomic mass is 10.4. The SMILES string of the molecule is CN(C(=O)c1noc(=O)[nH]1)C1CC1. The molecule has 1 heterocycles. The minimum absolute atomic E-state index is 0.0283. The van der Waals surface area contributed by atoms with E-state index in [1.54, 1.807) is 11.9 Å². The molecular weight excluding hydrogens is 174 g/mol. The van der Waals surface area contributed by atoms with Crippen LogP contribution in [0.1, 0.15) is 23.5 Å². The van der Waals surface area contributed by atoms with Crippen molar-refractivity contribution in [2.75, 3.05) is 7.05 Å². The van der Waals surface area contributed by atoms with Gasteiger partial charge in [-0.2, -0.15) is 0 Å². The zero-order valence-corrected chi connectivity index (χ0v) is 7.11. The van der Waals surface area contributed by atoms with Crippen LogP contribution in [0.25, 0.3) is 0 Å². The molecule has 1 N–H and O–H groups in total. The Labute approximate surface area is 73.5 Å². The van der Waals surface area contributed by atoms with Crippen LogP contribution >= 0.6 is 0 Å². The topological polar surface area (TPSA) is 79.2 Å². The van der Waals surface area contributed by atoms with E-state index in [1.807, 2.05) is 0 Å². The summed E-state index contributed by atoms with van der Waals surface area (Å²) in [4.78, 5) is 25.8. The number of H-pyrrole nitrogens is 1. The summed E-state index contributed by atoms with van der Waals surface area (Å²) in [5.41, 5.74) is 0. The van der Waals surface area contributed by atoms with Crippen LogP contribution in [0.2, 0.25) is 0 Å². The minimum Gasteiger partial charge on any atom is -0.336 e. The molecule has 1 aliphatic rings. The summed E-state index contributed by atoms with van der Waals surface area (Å²) in [6, 6.07) is 0.299. The molecule has 2 rings (SSSR count). The molecule has 1 aromatic rings. The van der Waals surface area contributed by atoms with Gasteiger partial charge in [0.05, 0.1) is 0 Å². The van der Waals surface area contributed by atoms with Crippen molar-refractivity contribution in [3.8, 4) is 0 Å². The second-order valence-electron chi connectivity index (χ2n) is 3.09. The molecule has 1 saturated carbocycles. The molecule has 1 aromatic heterocycles. The third-order valence-corrected chi connectivity index (χ3v) is 2.06. The van der Waals surface area contributed by atoms with Crippen LogP contribution in [-0.4, -0.2) is 34.0 Å². The van der Waals surface area contributed by atoms with Gasteiger partial charge in [-0.15, -0.1) is 0 Å². The van der Waals surface area contributed by atoms with Crippen molar-refractivity contribution in [2.45, 2.75) is 18.9 Å². The molecule has 0 aliphatic heterocycles. The summed E-state index contributed by atoms with van der Waals surface area (Å²) in [5.74, 6) is -1.03. The quantitative estimate of drug-likeness (QED) is 0.676. The van der Waals surface area contributed by atoms with Crippen molar-refractivity contribution >= 4 is 5.91 Å². The maximum absolute atomic E-state index is 11.5. The second kappa shape index (κ2) is 2.72. The number of hydrogen-bond donors (Lipinski definition) is 1. The van der Waals surface area contributed by atoms with E-state index < -0.39 is 5.76 Å². The Bertz CT molecular complexity index is 376. The number of aromatic amines is 1. The fourth-order valence-corrected chi connectivity index (χ4v) is 1.12. The van der Waals surface area contributed by atoms with E-state index >= 15 is 0 Å². The van der Waals surface area contributed by atoms with Gasteiger partial charge in [0, 0.05) is 13.1 Å². The lowest BCUT2D eigenvalue weighted by Crippen LogP contribution is -2.29. The lowest BCUT2D eigenvalue weighted by Gasteiger charge is -2.12. The van der Waals surface area contributed by atoms with Crippen LogP contribution in [0.3, 0.4) is 0 Å². The molecular formula is C7H9N3O3. The van der Waals surface area contributed by atoms with Crippen molar-refractivity contribution in [3.63, 3.8) is 0 Å². The first kappa shape index (κ1) is 8.03. The summed E-state index contributed by atoms with van der Waals surface area (Å²) in [6.45, 7) is 0. The van der Waals surface area contributed by atoms with Crippen LogP contribution in [0.15, 0.2) is 9.32 Å². The summed E-state index contributed by atoms with van der Waals surface area (Å²) >= 11 is 0. The standard InChI is InChI=1S/C7H9N3O3/c1-10(4-2-3-4)6(11)5-8-7(12)13-9-5/h4H,2-3H2,1H3,(H,8,9,12). The van der Waals surface area contributed by atoms with Crippen molar-refractivity contribution in [1.29, 1.82) is 0 Å². The monoisotopic (exact) mass is 183 g/mol. The van der Waals surface area contributed by atoms with Gasteiger partial charge in [-0.05, 0) is 18.0 Å². The van der Waals surface area contributed by atoms with Gasteiger partial charge in [-0.1, -0.05) is 0 Å². The average Bonchev–Trinajstić information content (AvgIpc) is 2.87. The molecule has 0 aromatic carbocycles. The van der Waals surface area contributed by atoms with Crippen LogP contribution in [0.5, 0.6) is 0 Å². The van der Waals surface area contributed by atoms with Gasteiger partial charge in [-0.3, -0.25) is 14.3 Å². The van der Waals surface area contributed by atoms with Gasteiger partial charge >= 0.3 is 5.76 Å².